The number of nitrogens with zero attached hydrogens (tertiary/aromatic N) is 3. The summed E-state index contributed by atoms with van der Waals surface area (Å²) in [6.07, 6.45) is 0.594. The van der Waals surface area contributed by atoms with Crippen LogP contribution in [0.2, 0.25) is 0 Å². The average Bonchev–Trinajstić information content (AvgIpc) is 3.46. The molecule has 0 unspecified atom stereocenters. The summed E-state index contributed by atoms with van der Waals surface area (Å²) in [5, 5.41) is 9.19. The summed E-state index contributed by atoms with van der Waals surface area (Å²) in [6.45, 7) is 1.97. The quantitative estimate of drug-likeness (QED) is 0.530. The first kappa shape index (κ1) is 23.0. The van der Waals surface area contributed by atoms with Crippen molar-refractivity contribution in [3.8, 4) is 0 Å². The molecule has 0 saturated carbocycles. The van der Waals surface area contributed by atoms with Crippen molar-refractivity contribution in [3.05, 3.63) is 101 Å². The fourth-order valence-corrected chi connectivity index (χ4v) is 5.12. The van der Waals surface area contributed by atoms with Crippen molar-refractivity contribution < 1.29 is 14.0 Å². The molecule has 0 spiro atoms. The third-order valence-corrected chi connectivity index (χ3v) is 7.05. The molecule has 2 atom stereocenters. The molecule has 3 aromatic carbocycles. The predicted molar refractivity (Wildman–Crippen MR) is 137 cm³/mol. The summed E-state index contributed by atoms with van der Waals surface area (Å²) in [7, 11) is 0. The minimum Gasteiger partial charge on any atom is -0.326 e. The zero-order chi connectivity index (χ0) is 24.4. The first-order valence-electron chi connectivity index (χ1n) is 11.3. The molecule has 2 aliphatic rings. The zero-order valence-electron chi connectivity index (χ0n) is 19.0. The van der Waals surface area contributed by atoms with E-state index in [1.165, 1.54) is 23.9 Å². The molecule has 0 saturated heterocycles. The number of amidine groups is 1. The minimum atomic E-state index is -0.625. The smallest absolute Gasteiger partial charge is 0.262 e. The maximum absolute atomic E-state index is 13.6. The van der Waals surface area contributed by atoms with Crippen LogP contribution in [0.25, 0.3) is 0 Å². The molecule has 3 aromatic rings. The lowest BCUT2D eigenvalue weighted by Gasteiger charge is -2.23. The number of aryl methyl sites for hydroxylation is 1. The predicted octanol–water partition coefficient (Wildman–Crippen LogP) is 5.31. The summed E-state index contributed by atoms with van der Waals surface area (Å²) in [5.74, 6) is -0.920. The lowest BCUT2D eigenvalue weighted by Crippen LogP contribution is -2.25. The van der Waals surface area contributed by atoms with Gasteiger partial charge in [-0.25, -0.2) is 9.40 Å². The molecule has 2 heterocycles. The first-order valence-corrected chi connectivity index (χ1v) is 12.2. The molecule has 6 nitrogen and oxygen atoms in total. The van der Waals surface area contributed by atoms with E-state index in [1.54, 1.807) is 17.1 Å². The van der Waals surface area contributed by atoms with E-state index in [4.69, 9.17) is 5.10 Å². The highest BCUT2D eigenvalue weighted by Gasteiger charge is 2.39. The molecule has 176 valence electrons. The first-order chi connectivity index (χ1) is 17.0. The van der Waals surface area contributed by atoms with Crippen molar-refractivity contribution in [1.82, 2.24) is 5.01 Å². The molecular formula is C27H23FN4O2S. The summed E-state index contributed by atoms with van der Waals surface area (Å²) >= 11 is 1.24. The Bertz CT molecular complexity index is 1310. The van der Waals surface area contributed by atoms with E-state index in [0.717, 1.165) is 22.4 Å². The summed E-state index contributed by atoms with van der Waals surface area (Å²) in [4.78, 5) is 29.5. The molecule has 0 fully saturated rings. The van der Waals surface area contributed by atoms with E-state index < -0.39 is 5.25 Å². The van der Waals surface area contributed by atoms with E-state index in [-0.39, 0.29) is 30.1 Å². The highest BCUT2D eigenvalue weighted by atomic mass is 32.2. The number of hydrazone groups is 1. The Morgan fingerprint density at radius 3 is 2.49 bits per heavy atom. The minimum absolute atomic E-state index is 0.00862. The number of benzene rings is 3. The monoisotopic (exact) mass is 486 g/mol. The second-order valence-electron chi connectivity index (χ2n) is 8.49. The fraction of sp³-hybridized carbons (Fsp3) is 0.185. The average molecular weight is 487 g/mol. The van der Waals surface area contributed by atoms with Crippen LogP contribution in [0.4, 0.5) is 10.1 Å². The maximum Gasteiger partial charge on any atom is 0.262 e. The van der Waals surface area contributed by atoms with E-state index in [1.807, 2.05) is 61.5 Å². The number of rotatable bonds is 5. The maximum atomic E-state index is 13.6. The van der Waals surface area contributed by atoms with Crippen LogP contribution in [-0.4, -0.2) is 33.0 Å². The molecule has 35 heavy (non-hydrogen) atoms. The van der Waals surface area contributed by atoms with Gasteiger partial charge in [-0.1, -0.05) is 71.9 Å². The number of carbonyl (C=O) groups is 2. The molecule has 2 amide bonds. The lowest BCUT2D eigenvalue weighted by molar-refractivity contribution is -0.121. The van der Waals surface area contributed by atoms with E-state index >= 15 is 0 Å². The molecule has 0 radical (unpaired) electrons. The van der Waals surface area contributed by atoms with Crippen molar-refractivity contribution in [3.63, 3.8) is 0 Å². The second-order valence-corrected chi connectivity index (χ2v) is 9.66. The van der Waals surface area contributed by atoms with Crippen molar-refractivity contribution in [2.24, 2.45) is 10.1 Å². The van der Waals surface area contributed by atoms with Crippen molar-refractivity contribution >= 4 is 40.1 Å². The van der Waals surface area contributed by atoms with E-state index in [0.29, 0.717) is 17.3 Å². The zero-order valence-corrected chi connectivity index (χ0v) is 19.8. The Hall–Kier alpha value is -3.78. The molecule has 0 aliphatic carbocycles. The third kappa shape index (κ3) is 5.17. The van der Waals surface area contributed by atoms with Crippen LogP contribution in [0, 0.1) is 12.7 Å². The third-order valence-electron chi connectivity index (χ3n) is 5.90. The summed E-state index contributed by atoms with van der Waals surface area (Å²) in [6, 6.07) is 23.3. The van der Waals surface area contributed by atoms with Gasteiger partial charge in [0.05, 0.1) is 11.8 Å². The van der Waals surface area contributed by atoms with Crippen LogP contribution in [-0.2, 0) is 9.59 Å². The molecule has 1 N–H and O–H groups in total. The highest BCUT2D eigenvalue weighted by molar-refractivity contribution is 8.15. The lowest BCUT2D eigenvalue weighted by atomic mass is 9.99. The van der Waals surface area contributed by atoms with Gasteiger partial charge in [0.1, 0.15) is 11.1 Å². The van der Waals surface area contributed by atoms with Gasteiger partial charge in [0.25, 0.3) is 5.91 Å². The molecular weight excluding hydrogens is 463 g/mol. The fourth-order valence-electron chi connectivity index (χ4n) is 4.06. The van der Waals surface area contributed by atoms with Gasteiger partial charge in [-0.05, 0) is 42.3 Å². The van der Waals surface area contributed by atoms with Gasteiger partial charge < -0.3 is 5.32 Å². The van der Waals surface area contributed by atoms with Crippen molar-refractivity contribution in [1.29, 1.82) is 0 Å². The number of aliphatic imine (C=N–C) groups is 1. The van der Waals surface area contributed by atoms with Gasteiger partial charge >= 0.3 is 0 Å². The largest absolute Gasteiger partial charge is 0.326 e. The molecule has 0 bridgehead atoms. The van der Waals surface area contributed by atoms with Crippen LogP contribution in [0.1, 0.15) is 35.6 Å². The topological polar surface area (TPSA) is 74.1 Å². The number of anilines is 1. The number of halogens is 1. The Kier molecular flexibility index (Phi) is 6.46. The molecule has 8 heteroatoms. The standard InChI is InChI=1S/C27H23FN4O2S/c1-17-7-13-21(14-8-17)29-25(33)16-24-26(34)30-27(35-24)32-23(19-9-11-20(28)12-10-19)15-22(31-32)18-5-3-2-4-6-18/h2-14,23-24H,15-16H2,1H3,(H,29,33)/t23-,24-/m0/s1. The Balaban J connectivity index is 1.34. The molecule has 2 aliphatic heterocycles. The van der Waals surface area contributed by atoms with Crippen LogP contribution >= 0.6 is 11.8 Å². The molecule has 5 rings (SSSR count). The Morgan fingerprint density at radius 2 is 1.77 bits per heavy atom. The van der Waals surface area contributed by atoms with Gasteiger partial charge in [-0.3, -0.25) is 9.59 Å². The van der Waals surface area contributed by atoms with Gasteiger partial charge in [0, 0.05) is 18.5 Å². The van der Waals surface area contributed by atoms with E-state index in [9.17, 15) is 14.0 Å². The van der Waals surface area contributed by atoms with Gasteiger partial charge in [0.2, 0.25) is 5.91 Å². The number of hydrogen-bond acceptors (Lipinski definition) is 5. The Labute approximate surface area is 207 Å². The van der Waals surface area contributed by atoms with Crippen LogP contribution < -0.4 is 5.32 Å². The van der Waals surface area contributed by atoms with Gasteiger partial charge in [0.15, 0.2) is 5.17 Å². The number of thioether (sulfide) groups is 1. The van der Waals surface area contributed by atoms with Gasteiger partial charge in [-0.15, -0.1) is 0 Å². The normalized spacial score (nSPS) is 19.5. The van der Waals surface area contributed by atoms with Crippen LogP contribution in [0.15, 0.2) is 89.0 Å². The molecule has 0 aromatic heterocycles. The second kappa shape index (κ2) is 9.84. The van der Waals surface area contributed by atoms with E-state index in [2.05, 4.69) is 10.3 Å². The SMILES string of the molecule is Cc1ccc(NC(=O)C[C@@H]2SC(N3N=C(c4ccccc4)C[C@H]3c3ccc(F)cc3)=NC2=O)cc1. The number of hydrogen-bond donors (Lipinski definition) is 1. The number of carbonyl (C=O) groups excluding carboxylic acids is 2. The Morgan fingerprint density at radius 1 is 1.06 bits per heavy atom. The van der Waals surface area contributed by atoms with Crippen molar-refractivity contribution in [2.75, 3.05) is 5.32 Å². The van der Waals surface area contributed by atoms with Crippen LogP contribution in [0.3, 0.4) is 0 Å². The van der Waals surface area contributed by atoms with Crippen LogP contribution in [0.5, 0.6) is 0 Å². The van der Waals surface area contributed by atoms with Crippen molar-refractivity contribution in [2.45, 2.75) is 31.1 Å². The van der Waals surface area contributed by atoms with Gasteiger partial charge in [-0.2, -0.15) is 10.1 Å². The number of nitrogens with one attached hydrogen (secondary N) is 1. The highest BCUT2D eigenvalue weighted by Crippen LogP contribution is 2.38. The summed E-state index contributed by atoms with van der Waals surface area (Å²) in [5.41, 5.74) is 4.49. The summed E-state index contributed by atoms with van der Waals surface area (Å²) < 4.78 is 13.6. The number of amides is 2.